The second-order valence-corrected chi connectivity index (χ2v) is 6.92. The molecule has 1 aromatic carbocycles. The Hall–Kier alpha value is -3.15. The molecular formula is C20H22N6. The maximum atomic E-state index is 4.51. The third-order valence-electron chi connectivity index (χ3n) is 4.23. The summed E-state index contributed by atoms with van der Waals surface area (Å²) in [6, 6.07) is 12.4. The zero-order chi connectivity index (χ0) is 18.1. The van der Waals surface area contributed by atoms with E-state index in [1.54, 1.807) is 17.2 Å². The highest BCUT2D eigenvalue weighted by molar-refractivity contribution is 5.94. The Bertz CT molecular complexity index is 1030. The molecule has 0 spiro atoms. The monoisotopic (exact) mass is 346 g/mol. The molecule has 0 aliphatic rings. The Labute approximate surface area is 152 Å². The van der Waals surface area contributed by atoms with E-state index in [2.05, 4.69) is 57.4 Å². The summed E-state index contributed by atoms with van der Waals surface area (Å²) >= 11 is 0. The van der Waals surface area contributed by atoms with Gasteiger partial charge in [0.15, 0.2) is 0 Å². The number of H-pyrrole nitrogens is 1. The van der Waals surface area contributed by atoms with E-state index in [4.69, 9.17) is 0 Å². The molecule has 132 valence electrons. The van der Waals surface area contributed by atoms with E-state index < -0.39 is 0 Å². The van der Waals surface area contributed by atoms with Gasteiger partial charge >= 0.3 is 0 Å². The molecule has 0 aliphatic heterocycles. The minimum atomic E-state index is 0.620. The molecule has 0 radical (unpaired) electrons. The van der Waals surface area contributed by atoms with Crippen molar-refractivity contribution >= 4 is 22.4 Å². The molecule has 6 nitrogen and oxygen atoms in total. The highest BCUT2D eigenvalue weighted by Gasteiger charge is 2.08. The molecule has 0 saturated heterocycles. The molecule has 0 atom stereocenters. The number of aryl methyl sites for hydroxylation is 1. The quantitative estimate of drug-likeness (QED) is 0.562. The van der Waals surface area contributed by atoms with Crippen LogP contribution in [-0.4, -0.2) is 24.7 Å². The fourth-order valence-corrected chi connectivity index (χ4v) is 3.08. The summed E-state index contributed by atoms with van der Waals surface area (Å²) in [7, 11) is 0. The van der Waals surface area contributed by atoms with Gasteiger partial charge in [-0.3, -0.25) is 0 Å². The van der Waals surface area contributed by atoms with Gasteiger partial charge in [0.2, 0.25) is 0 Å². The number of hydrogen-bond donors (Lipinski definition) is 2. The number of pyridine rings is 1. The molecule has 0 saturated carbocycles. The molecule has 0 bridgehead atoms. The van der Waals surface area contributed by atoms with Gasteiger partial charge < -0.3 is 10.3 Å². The average Bonchev–Trinajstić information content (AvgIpc) is 3.21. The molecule has 4 aromatic rings. The van der Waals surface area contributed by atoms with Gasteiger partial charge in [-0.15, -0.1) is 0 Å². The lowest BCUT2D eigenvalue weighted by Gasteiger charge is -2.08. The molecule has 2 N–H and O–H groups in total. The van der Waals surface area contributed by atoms with Crippen molar-refractivity contribution in [3.63, 3.8) is 0 Å². The topological polar surface area (TPSA) is 71.4 Å². The third kappa shape index (κ3) is 3.31. The summed E-state index contributed by atoms with van der Waals surface area (Å²) in [5, 5.41) is 8.91. The van der Waals surface area contributed by atoms with E-state index in [-0.39, 0.29) is 0 Å². The highest BCUT2D eigenvalue weighted by Crippen LogP contribution is 2.27. The predicted octanol–water partition coefficient (Wildman–Crippen LogP) is 4.39. The predicted molar refractivity (Wildman–Crippen MR) is 104 cm³/mol. The number of aromatic amines is 1. The van der Waals surface area contributed by atoms with Crippen molar-refractivity contribution in [2.24, 2.45) is 5.92 Å². The van der Waals surface area contributed by atoms with Crippen molar-refractivity contribution in [3.05, 3.63) is 60.4 Å². The normalized spacial score (nSPS) is 11.4. The van der Waals surface area contributed by atoms with Crippen LogP contribution in [0.1, 0.15) is 25.4 Å². The number of rotatable bonds is 5. The van der Waals surface area contributed by atoms with Crippen molar-refractivity contribution in [2.75, 3.05) is 5.32 Å². The first-order chi connectivity index (χ1) is 12.6. The SMILES string of the molecule is Cc1ncn(-c2ccc(Nc3cccc4[nH]c(CC(C)C)cc34)nc2)n1. The van der Waals surface area contributed by atoms with Crippen LogP contribution in [0.5, 0.6) is 0 Å². The van der Waals surface area contributed by atoms with Gasteiger partial charge in [-0.1, -0.05) is 19.9 Å². The van der Waals surface area contributed by atoms with Crippen molar-refractivity contribution in [2.45, 2.75) is 27.2 Å². The molecule has 6 heteroatoms. The van der Waals surface area contributed by atoms with Crippen LogP contribution in [0.3, 0.4) is 0 Å². The summed E-state index contributed by atoms with van der Waals surface area (Å²) in [6.45, 7) is 6.32. The Kier molecular flexibility index (Phi) is 4.16. The maximum Gasteiger partial charge on any atom is 0.147 e. The second kappa shape index (κ2) is 6.63. The fourth-order valence-electron chi connectivity index (χ4n) is 3.08. The molecular weight excluding hydrogens is 324 g/mol. The van der Waals surface area contributed by atoms with Gasteiger partial charge in [0, 0.05) is 22.3 Å². The molecule has 26 heavy (non-hydrogen) atoms. The van der Waals surface area contributed by atoms with Crippen molar-refractivity contribution in [3.8, 4) is 5.69 Å². The number of hydrogen-bond acceptors (Lipinski definition) is 4. The van der Waals surface area contributed by atoms with Crippen LogP contribution in [0, 0.1) is 12.8 Å². The highest BCUT2D eigenvalue weighted by atomic mass is 15.3. The number of fused-ring (bicyclic) bond motifs is 1. The summed E-state index contributed by atoms with van der Waals surface area (Å²) in [5.74, 6) is 2.15. The van der Waals surface area contributed by atoms with Crippen molar-refractivity contribution in [1.82, 2.24) is 24.7 Å². The zero-order valence-electron chi connectivity index (χ0n) is 15.2. The minimum Gasteiger partial charge on any atom is -0.358 e. The van der Waals surface area contributed by atoms with Crippen LogP contribution in [0.4, 0.5) is 11.5 Å². The van der Waals surface area contributed by atoms with Crippen molar-refractivity contribution < 1.29 is 0 Å². The first-order valence-corrected chi connectivity index (χ1v) is 8.81. The maximum absolute atomic E-state index is 4.51. The van der Waals surface area contributed by atoms with Crippen molar-refractivity contribution in [1.29, 1.82) is 0 Å². The van der Waals surface area contributed by atoms with Crippen LogP contribution in [0.25, 0.3) is 16.6 Å². The Balaban J connectivity index is 1.59. The zero-order valence-corrected chi connectivity index (χ0v) is 15.2. The van der Waals surface area contributed by atoms with E-state index in [0.29, 0.717) is 5.92 Å². The summed E-state index contributed by atoms with van der Waals surface area (Å²) in [4.78, 5) is 12.2. The molecule has 3 aromatic heterocycles. The van der Waals surface area contributed by atoms with Crippen LogP contribution in [0.15, 0.2) is 48.9 Å². The number of aromatic nitrogens is 5. The summed E-state index contributed by atoms with van der Waals surface area (Å²) < 4.78 is 1.72. The van der Waals surface area contributed by atoms with Crippen LogP contribution in [-0.2, 0) is 6.42 Å². The fraction of sp³-hybridized carbons (Fsp3) is 0.250. The molecule has 4 rings (SSSR count). The van der Waals surface area contributed by atoms with E-state index in [1.165, 1.54) is 11.1 Å². The molecule has 0 fully saturated rings. The first-order valence-electron chi connectivity index (χ1n) is 8.81. The third-order valence-corrected chi connectivity index (χ3v) is 4.23. The van der Waals surface area contributed by atoms with Gasteiger partial charge in [0.1, 0.15) is 18.0 Å². The molecule has 0 amide bonds. The van der Waals surface area contributed by atoms with Crippen LogP contribution in [0.2, 0.25) is 0 Å². The van der Waals surface area contributed by atoms with Gasteiger partial charge in [-0.2, -0.15) is 5.10 Å². The summed E-state index contributed by atoms with van der Waals surface area (Å²) in [6.07, 6.45) is 4.52. The van der Waals surface area contributed by atoms with E-state index >= 15 is 0 Å². The lowest BCUT2D eigenvalue weighted by Crippen LogP contribution is -1.98. The Morgan fingerprint density at radius 3 is 2.73 bits per heavy atom. The van der Waals surface area contributed by atoms with Gasteiger partial charge in [-0.05, 0) is 49.6 Å². The van der Waals surface area contributed by atoms with E-state index in [1.807, 2.05) is 25.1 Å². The average molecular weight is 346 g/mol. The van der Waals surface area contributed by atoms with E-state index in [9.17, 15) is 0 Å². The van der Waals surface area contributed by atoms with Gasteiger partial charge in [0.25, 0.3) is 0 Å². The Morgan fingerprint density at radius 2 is 2.04 bits per heavy atom. The standard InChI is InChI=1S/C20H22N6/c1-13(2)9-15-10-17-18(23-15)5-4-6-19(17)24-20-8-7-16(11-21-20)26-12-22-14(3)25-26/h4-8,10-13,23H,9H2,1-3H3,(H,21,24). The summed E-state index contributed by atoms with van der Waals surface area (Å²) in [5.41, 5.74) is 4.33. The lowest BCUT2D eigenvalue weighted by atomic mass is 10.1. The van der Waals surface area contributed by atoms with Crippen LogP contribution >= 0.6 is 0 Å². The van der Waals surface area contributed by atoms with Crippen LogP contribution < -0.4 is 5.32 Å². The number of nitrogens with zero attached hydrogens (tertiary/aromatic N) is 4. The minimum absolute atomic E-state index is 0.620. The lowest BCUT2D eigenvalue weighted by molar-refractivity contribution is 0.639. The smallest absolute Gasteiger partial charge is 0.147 e. The van der Waals surface area contributed by atoms with Gasteiger partial charge in [0.05, 0.1) is 11.9 Å². The first kappa shape index (κ1) is 16.3. The largest absolute Gasteiger partial charge is 0.358 e. The van der Waals surface area contributed by atoms with E-state index in [0.717, 1.165) is 35.0 Å². The number of anilines is 2. The Morgan fingerprint density at radius 1 is 1.15 bits per heavy atom. The molecule has 3 heterocycles. The second-order valence-electron chi connectivity index (χ2n) is 6.92. The van der Waals surface area contributed by atoms with Gasteiger partial charge in [-0.25, -0.2) is 14.6 Å². The molecule has 0 unspecified atom stereocenters. The number of nitrogens with one attached hydrogen (secondary N) is 2. The number of benzene rings is 1. The molecule has 0 aliphatic carbocycles.